The van der Waals surface area contributed by atoms with Crippen LogP contribution in [0.1, 0.15) is 54.4 Å². The first-order valence-electron chi connectivity index (χ1n) is 8.44. The van der Waals surface area contributed by atoms with Crippen LogP contribution in [0.4, 0.5) is 0 Å². The molecule has 1 saturated carbocycles. The first kappa shape index (κ1) is 18.2. The van der Waals surface area contributed by atoms with Crippen molar-refractivity contribution < 1.29 is 14.3 Å². The number of nitrogens with one attached hydrogen (secondary N) is 2. The van der Waals surface area contributed by atoms with Gasteiger partial charge in [0.05, 0.1) is 6.10 Å². The van der Waals surface area contributed by atoms with Gasteiger partial charge in [-0.15, -0.1) is 0 Å². The molecule has 4 unspecified atom stereocenters. The predicted molar refractivity (Wildman–Crippen MR) is 88.7 cm³/mol. The molecular weight excluding hydrogens is 294 g/mol. The van der Waals surface area contributed by atoms with Crippen LogP contribution in [0.15, 0.2) is 0 Å². The highest BCUT2D eigenvalue weighted by Gasteiger charge is 2.70. The molecule has 132 valence electrons. The zero-order valence-electron chi connectivity index (χ0n) is 15.2. The summed E-state index contributed by atoms with van der Waals surface area (Å²) >= 11 is 0. The van der Waals surface area contributed by atoms with Gasteiger partial charge in [-0.05, 0) is 40.5 Å². The van der Waals surface area contributed by atoms with Crippen molar-refractivity contribution in [1.29, 1.82) is 0 Å². The SMILES string of the molecule is CC(NC(=O)C1(N)C2CCCOC2C1(C)C)C(=O)NC(C)(C)C. The molecule has 1 aliphatic carbocycles. The molecule has 4 atom stereocenters. The maximum Gasteiger partial charge on any atom is 0.242 e. The molecule has 1 saturated heterocycles. The molecule has 2 rings (SSSR count). The predicted octanol–water partition coefficient (Wildman–Crippen LogP) is 0.938. The van der Waals surface area contributed by atoms with E-state index in [1.165, 1.54) is 0 Å². The molecule has 6 heteroatoms. The van der Waals surface area contributed by atoms with E-state index in [1.54, 1.807) is 6.92 Å². The summed E-state index contributed by atoms with van der Waals surface area (Å²) in [5.41, 5.74) is 4.76. The summed E-state index contributed by atoms with van der Waals surface area (Å²) in [5, 5.41) is 5.67. The van der Waals surface area contributed by atoms with E-state index in [0.717, 1.165) is 19.4 Å². The lowest BCUT2D eigenvalue weighted by molar-refractivity contribution is -0.225. The van der Waals surface area contributed by atoms with E-state index in [2.05, 4.69) is 10.6 Å². The first-order chi connectivity index (χ1) is 10.4. The lowest BCUT2D eigenvalue weighted by Gasteiger charge is -2.65. The second-order valence-electron chi connectivity index (χ2n) is 8.57. The number of amides is 2. The number of carbonyl (C=O) groups is 2. The fraction of sp³-hybridized carbons (Fsp3) is 0.882. The highest BCUT2D eigenvalue weighted by atomic mass is 16.5. The fourth-order valence-electron chi connectivity index (χ4n) is 3.90. The Balaban J connectivity index is 2.06. The summed E-state index contributed by atoms with van der Waals surface area (Å²) in [5.74, 6) is -0.446. The third-order valence-corrected chi connectivity index (χ3v) is 5.30. The second-order valence-corrected chi connectivity index (χ2v) is 8.57. The largest absolute Gasteiger partial charge is 0.377 e. The third-order valence-electron chi connectivity index (χ3n) is 5.30. The molecule has 23 heavy (non-hydrogen) atoms. The van der Waals surface area contributed by atoms with E-state index in [9.17, 15) is 9.59 Å². The molecule has 0 radical (unpaired) electrons. The van der Waals surface area contributed by atoms with Crippen LogP contribution in [0.5, 0.6) is 0 Å². The summed E-state index contributed by atoms with van der Waals surface area (Å²) in [4.78, 5) is 25.0. The summed E-state index contributed by atoms with van der Waals surface area (Å²) in [6.45, 7) is 12.1. The van der Waals surface area contributed by atoms with Gasteiger partial charge in [-0.3, -0.25) is 9.59 Å². The van der Waals surface area contributed by atoms with Gasteiger partial charge in [0.25, 0.3) is 0 Å². The van der Waals surface area contributed by atoms with Gasteiger partial charge in [-0.2, -0.15) is 0 Å². The number of nitrogens with two attached hydrogens (primary N) is 1. The van der Waals surface area contributed by atoms with Crippen LogP contribution < -0.4 is 16.4 Å². The zero-order chi connectivity index (χ0) is 17.6. The first-order valence-corrected chi connectivity index (χ1v) is 8.44. The number of hydrogen-bond acceptors (Lipinski definition) is 4. The van der Waals surface area contributed by atoms with Gasteiger partial charge in [-0.25, -0.2) is 0 Å². The number of ether oxygens (including phenoxy) is 1. The molecule has 0 aromatic carbocycles. The van der Waals surface area contributed by atoms with Gasteiger partial charge in [0.1, 0.15) is 11.6 Å². The maximum absolute atomic E-state index is 12.8. The molecular formula is C17H31N3O3. The fourth-order valence-corrected chi connectivity index (χ4v) is 3.90. The Bertz CT molecular complexity index is 498. The van der Waals surface area contributed by atoms with Gasteiger partial charge in [0.15, 0.2) is 0 Å². The van der Waals surface area contributed by atoms with Gasteiger partial charge in [0, 0.05) is 23.5 Å². The lowest BCUT2D eigenvalue weighted by atomic mass is 9.46. The monoisotopic (exact) mass is 325 g/mol. The van der Waals surface area contributed by atoms with Gasteiger partial charge in [0.2, 0.25) is 11.8 Å². The minimum Gasteiger partial charge on any atom is -0.377 e. The molecule has 4 N–H and O–H groups in total. The van der Waals surface area contributed by atoms with Gasteiger partial charge < -0.3 is 21.1 Å². The summed E-state index contributed by atoms with van der Waals surface area (Å²) in [6, 6.07) is -0.624. The van der Waals surface area contributed by atoms with E-state index in [4.69, 9.17) is 10.5 Å². The van der Waals surface area contributed by atoms with Crippen molar-refractivity contribution in [2.75, 3.05) is 6.61 Å². The molecule has 2 aliphatic rings. The van der Waals surface area contributed by atoms with Crippen LogP contribution in [0.3, 0.4) is 0 Å². The quantitative estimate of drug-likeness (QED) is 0.720. The van der Waals surface area contributed by atoms with Crippen LogP contribution in [-0.2, 0) is 14.3 Å². The Hall–Kier alpha value is -1.14. The number of fused-ring (bicyclic) bond motifs is 1. The lowest BCUT2D eigenvalue weighted by Crippen LogP contribution is -2.82. The molecule has 0 bridgehead atoms. The van der Waals surface area contributed by atoms with E-state index < -0.39 is 17.0 Å². The Labute approximate surface area is 138 Å². The van der Waals surface area contributed by atoms with Crippen LogP contribution in [0.25, 0.3) is 0 Å². The van der Waals surface area contributed by atoms with Crippen LogP contribution >= 0.6 is 0 Å². The maximum atomic E-state index is 12.8. The second kappa shape index (κ2) is 5.74. The van der Waals surface area contributed by atoms with E-state index >= 15 is 0 Å². The number of hydrogen-bond donors (Lipinski definition) is 3. The van der Waals surface area contributed by atoms with E-state index in [0.29, 0.717) is 0 Å². The zero-order valence-corrected chi connectivity index (χ0v) is 15.2. The minimum atomic E-state index is -0.992. The standard InChI is InChI=1S/C17H31N3O3/c1-10(13(21)20-15(2,3)4)19-14(22)17(18)11-8-7-9-23-12(11)16(17,5)6/h10-12H,7-9,18H2,1-6H3,(H,19,22)(H,20,21). The summed E-state index contributed by atoms with van der Waals surface area (Å²) in [6.07, 6.45) is 1.83. The minimum absolute atomic E-state index is 0.0177. The van der Waals surface area contributed by atoms with Crippen LogP contribution in [0, 0.1) is 11.3 Å². The van der Waals surface area contributed by atoms with Crippen LogP contribution in [-0.4, -0.2) is 41.6 Å². The molecule has 0 spiro atoms. The summed E-state index contributed by atoms with van der Waals surface area (Å²) in [7, 11) is 0. The molecule has 2 amide bonds. The Morgan fingerprint density at radius 1 is 1.30 bits per heavy atom. The summed E-state index contributed by atoms with van der Waals surface area (Å²) < 4.78 is 5.82. The van der Waals surface area contributed by atoms with Crippen LogP contribution in [0.2, 0.25) is 0 Å². The van der Waals surface area contributed by atoms with Crippen molar-refractivity contribution in [1.82, 2.24) is 10.6 Å². The molecule has 1 aliphatic heterocycles. The molecule has 2 fully saturated rings. The number of carbonyl (C=O) groups excluding carboxylic acids is 2. The van der Waals surface area contributed by atoms with Crippen molar-refractivity contribution >= 4 is 11.8 Å². The highest BCUT2D eigenvalue weighted by Crippen LogP contribution is 2.57. The Morgan fingerprint density at radius 2 is 1.91 bits per heavy atom. The Kier molecular flexibility index (Phi) is 4.54. The average molecular weight is 325 g/mol. The Morgan fingerprint density at radius 3 is 2.48 bits per heavy atom. The van der Waals surface area contributed by atoms with Gasteiger partial charge in [-0.1, -0.05) is 13.8 Å². The topological polar surface area (TPSA) is 93.5 Å². The highest BCUT2D eigenvalue weighted by molar-refractivity contribution is 5.94. The normalized spacial score (nSPS) is 33.9. The van der Waals surface area contributed by atoms with Crippen molar-refractivity contribution in [3.05, 3.63) is 0 Å². The van der Waals surface area contributed by atoms with Crippen molar-refractivity contribution in [3.63, 3.8) is 0 Å². The van der Waals surface area contributed by atoms with Crippen molar-refractivity contribution in [2.45, 2.75) is 77.6 Å². The van der Waals surface area contributed by atoms with Gasteiger partial charge >= 0.3 is 0 Å². The third kappa shape index (κ3) is 2.98. The smallest absolute Gasteiger partial charge is 0.242 e. The molecule has 0 aromatic rings. The van der Waals surface area contributed by atoms with E-state index in [-0.39, 0.29) is 29.4 Å². The number of rotatable bonds is 3. The van der Waals surface area contributed by atoms with Crippen molar-refractivity contribution in [2.24, 2.45) is 17.1 Å². The average Bonchev–Trinajstić information content (AvgIpc) is 2.44. The molecule has 6 nitrogen and oxygen atoms in total. The molecule has 1 heterocycles. The van der Waals surface area contributed by atoms with E-state index in [1.807, 2.05) is 34.6 Å². The molecule has 0 aromatic heterocycles. The van der Waals surface area contributed by atoms with Crippen molar-refractivity contribution in [3.8, 4) is 0 Å².